The van der Waals surface area contributed by atoms with Crippen LogP contribution in [0.5, 0.6) is 0 Å². The van der Waals surface area contributed by atoms with Crippen molar-refractivity contribution in [3.63, 3.8) is 0 Å². The molecule has 9 heteroatoms. The number of hydrogen-bond donors (Lipinski definition) is 1. The van der Waals surface area contributed by atoms with Gasteiger partial charge < -0.3 is 5.32 Å². The summed E-state index contributed by atoms with van der Waals surface area (Å²) in [7, 11) is 0. The van der Waals surface area contributed by atoms with Crippen LogP contribution in [0.25, 0.3) is 10.9 Å². The summed E-state index contributed by atoms with van der Waals surface area (Å²) in [5.74, 6) is -0.493. The van der Waals surface area contributed by atoms with E-state index in [-0.39, 0.29) is 16.4 Å². The number of alkyl halides is 3. The molecule has 0 atom stereocenters. The van der Waals surface area contributed by atoms with Crippen molar-refractivity contribution in [3.8, 4) is 0 Å². The number of fused-ring (bicyclic) bond motifs is 1. The van der Waals surface area contributed by atoms with E-state index in [9.17, 15) is 17.6 Å². The molecule has 0 radical (unpaired) electrons. The highest BCUT2D eigenvalue weighted by Gasteiger charge is 2.30. The first-order chi connectivity index (χ1) is 10.8. The van der Waals surface area contributed by atoms with Crippen LogP contribution in [0.2, 0.25) is 5.02 Å². The molecule has 0 amide bonds. The summed E-state index contributed by atoms with van der Waals surface area (Å²) < 4.78 is 52.2. The van der Waals surface area contributed by atoms with E-state index in [4.69, 9.17) is 11.6 Å². The summed E-state index contributed by atoms with van der Waals surface area (Å²) in [5, 5.41) is 7.04. The normalized spacial score (nSPS) is 11.9. The molecule has 2 aromatic heterocycles. The summed E-state index contributed by atoms with van der Waals surface area (Å²) in [5.41, 5.74) is 0.587. The highest BCUT2D eigenvalue weighted by molar-refractivity contribution is 6.30. The Kier molecular flexibility index (Phi) is 3.85. The van der Waals surface area contributed by atoms with E-state index in [1.165, 1.54) is 30.6 Å². The number of anilines is 2. The Morgan fingerprint density at radius 3 is 2.70 bits per heavy atom. The fourth-order valence-corrected chi connectivity index (χ4v) is 2.23. The summed E-state index contributed by atoms with van der Waals surface area (Å²) in [4.78, 5) is 3.89. The predicted octanol–water partition coefficient (Wildman–Crippen LogP) is 4.53. The third kappa shape index (κ3) is 3.37. The summed E-state index contributed by atoms with van der Waals surface area (Å²) >= 11 is 5.60. The fourth-order valence-electron chi connectivity index (χ4n) is 2.12. The summed E-state index contributed by atoms with van der Waals surface area (Å²) in [6, 6.07) is 5.40. The predicted molar refractivity (Wildman–Crippen MR) is 78.3 cm³/mol. The monoisotopic (exact) mass is 344 g/mol. The lowest BCUT2D eigenvalue weighted by molar-refractivity contribution is -0.141. The molecule has 23 heavy (non-hydrogen) atoms. The number of halogens is 5. The van der Waals surface area contributed by atoms with Crippen LogP contribution >= 0.6 is 11.6 Å². The number of benzene rings is 1. The van der Waals surface area contributed by atoms with Crippen LogP contribution in [0, 0.1) is 5.82 Å². The number of pyridine rings is 1. The fraction of sp³-hybridized carbons (Fsp3) is 0.143. The maximum atomic E-state index is 13.5. The second kappa shape index (κ2) is 5.69. The molecule has 0 unspecified atom stereocenters. The molecule has 120 valence electrons. The zero-order chi connectivity index (χ0) is 16.6. The lowest BCUT2D eigenvalue weighted by atomic mass is 10.3. The number of rotatable bonds is 3. The van der Waals surface area contributed by atoms with E-state index in [0.717, 1.165) is 10.7 Å². The van der Waals surface area contributed by atoms with Crippen molar-refractivity contribution in [2.24, 2.45) is 0 Å². The molecule has 4 nitrogen and oxygen atoms in total. The van der Waals surface area contributed by atoms with Crippen molar-refractivity contribution in [1.82, 2.24) is 14.8 Å². The SMILES string of the molecule is Fc1cc(Nc2nn(CC(F)(F)F)c3ccncc23)ccc1Cl. The average Bonchev–Trinajstić information content (AvgIpc) is 2.79. The highest BCUT2D eigenvalue weighted by atomic mass is 35.5. The summed E-state index contributed by atoms with van der Waals surface area (Å²) in [6.07, 6.45) is -1.64. The van der Waals surface area contributed by atoms with Crippen molar-refractivity contribution in [1.29, 1.82) is 0 Å². The zero-order valence-corrected chi connectivity index (χ0v) is 12.2. The Hall–Kier alpha value is -2.35. The molecule has 0 aliphatic rings. The van der Waals surface area contributed by atoms with Crippen molar-refractivity contribution >= 4 is 34.0 Å². The van der Waals surface area contributed by atoms with Gasteiger partial charge in [0.2, 0.25) is 0 Å². The van der Waals surface area contributed by atoms with Gasteiger partial charge in [-0.3, -0.25) is 9.67 Å². The van der Waals surface area contributed by atoms with Gasteiger partial charge in [0.15, 0.2) is 5.82 Å². The molecule has 3 aromatic rings. The van der Waals surface area contributed by atoms with Gasteiger partial charge in [-0.15, -0.1) is 0 Å². The van der Waals surface area contributed by atoms with Gasteiger partial charge >= 0.3 is 6.18 Å². The molecule has 0 aliphatic carbocycles. The molecule has 0 saturated carbocycles. The molecular formula is C14H9ClF4N4. The van der Waals surface area contributed by atoms with E-state index in [2.05, 4.69) is 15.4 Å². The van der Waals surface area contributed by atoms with Crippen LogP contribution in [-0.2, 0) is 6.54 Å². The first kappa shape index (κ1) is 15.5. The molecular weight excluding hydrogens is 336 g/mol. The molecule has 1 aromatic carbocycles. The third-order valence-electron chi connectivity index (χ3n) is 3.06. The van der Waals surface area contributed by atoms with Gasteiger partial charge in [-0.1, -0.05) is 11.6 Å². The van der Waals surface area contributed by atoms with Gasteiger partial charge in [-0.05, 0) is 24.3 Å². The Labute approximate surface area is 132 Å². The standard InChI is InChI=1S/C14H9ClF4N4/c15-10-2-1-8(5-11(10)16)21-13-9-6-20-4-3-12(9)23(22-13)7-14(17,18)19/h1-6H,7H2,(H,21,22). The Morgan fingerprint density at radius 1 is 1.22 bits per heavy atom. The minimum Gasteiger partial charge on any atom is -0.338 e. The van der Waals surface area contributed by atoms with Gasteiger partial charge in [-0.25, -0.2) is 4.39 Å². The molecule has 0 bridgehead atoms. The molecule has 0 fully saturated rings. The second-order valence-electron chi connectivity index (χ2n) is 4.77. The highest BCUT2D eigenvalue weighted by Crippen LogP contribution is 2.28. The molecule has 0 aliphatic heterocycles. The van der Waals surface area contributed by atoms with Gasteiger partial charge in [-0.2, -0.15) is 18.3 Å². The Balaban J connectivity index is 2.02. The lowest BCUT2D eigenvalue weighted by Gasteiger charge is -2.07. The minimum absolute atomic E-state index is 0.0512. The Morgan fingerprint density at radius 2 is 2.00 bits per heavy atom. The topological polar surface area (TPSA) is 42.7 Å². The van der Waals surface area contributed by atoms with Crippen LogP contribution in [0.1, 0.15) is 0 Å². The number of hydrogen-bond acceptors (Lipinski definition) is 3. The van der Waals surface area contributed by atoms with E-state index in [1.54, 1.807) is 0 Å². The van der Waals surface area contributed by atoms with E-state index in [1.807, 2.05) is 0 Å². The van der Waals surface area contributed by atoms with Gasteiger partial charge in [0.05, 0.1) is 15.9 Å². The van der Waals surface area contributed by atoms with Crippen molar-refractivity contribution in [2.75, 3.05) is 5.32 Å². The average molecular weight is 345 g/mol. The zero-order valence-electron chi connectivity index (χ0n) is 11.4. The van der Waals surface area contributed by atoms with E-state index >= 15 is 0 Å². The lowest BCUT2D eigenvalue weighted by Crippen LogP contribution is -2.18. The maximum Gasteiger partial charge on any atom is 0.408 e. The smallest absolute Gasteiger partial charge is 0.338 e. The van der Waals surface area contributed by atoms with Crippen LogP contribution < -0.4 is 5.32 Å². The second-order valence-corrected chi connectivity index (χ2v) is 5.18. The number of nitrogens with zero attached hydrogens (tertiary/aromatic N) is 3. The Bertz CT molecular complexity index is 860. The largest absolute Gasteiger partial charge is 0.408 e. The molecule has 1 N–H and O–H groups in total. The summed E-state index contributed by atoms with van der Waals surface area (Å²) in [6.45, 7) is -1.23. The van der Waals surface area contributed by atoms with Crippen LogP contribution in [0.4, 0.5) is 29.1 Å². The molecule has 3 rings (SSSR count). The van der Waals surface area contributed by atoms with Gasteiger partial charge in [0, 0.05) is 18.1 Å². The van der Waals surface area contributed by atoms with E-state index < -0.39 is 18.5 Å². The molecule has 0 saturated heterocycles. The quantitative estimate of drug-likeness (QED) is 0.710. The van der Waals surface area contributed by atoms with Gasteiger partial charge in [0.25, 0.3) is 0 Å². The maximum absolute atomic E-state index is 13.5. The first-order valence-corrected chi connectivity index (χ1v) is 6.80. The van der Waals surface area contributed by atoms with E-state index in [0.29, 0.717) is 11.1 Å². The minimum atomic E-state index is -4.41. The first-order valence-electron chi connectivity index (χ1n) is 6.43. The van der Waals surface area contributed by atoms with Crippen molar-refractivity contribution < 1.29 is 17.6 Å². The van der Waals surface area contributed by atoms with Gasteiger partial charge in [0.1, 0.15) is 12.4 Å². The molecule has 2 heterocycles. The third-order valence-corrected chi connectivity index (χ3v) is 3.37. The van der Waals surface area contributed by atoms with Crippen LogP contribution in [0.3, 0.4) is 0 Å². The van der Waals surface area contributed by atoms with Crippen LogP contribution in [-0.4, -0.2) is 20.9 Å². The number of nitrogens with one attached hydrogen (secondary N) is 1. The van der Waals surface area contributed by atoms with Crippen LogP contribution in [0.15, 0.2) is 36.7 Å². The van der Waals surface area contributed by atoms with Crippen molar-refractivity contribution in [2.45, 2.75) is 12.7 Å². The number of aromatic nitrogens is 3. The molecule has 0 spiro atoms. The van der Waals surface area contributed by atoms with Crippen molar-refractivity contribution in [3.05, 3.63) is 47.5 Å².